The predicted octanol–water partition coefficient (Wildman–Crippen LogP) is 20.7. The maximum Gasteiger partial charge on any atom is 0.306 e. The van der Waals surface area contributed by atoms with Crippen LogP contribution in [-0.2, 0) is 28.6 Å². The zero-order valence-electron chi connectivity index (χ0n) is 48.4. The van der Waals surface area contributed by atoms with Crippen LogP contribution in [0.4, 0.5) is 0 Å². The van der Waals surface area contributed by atoms with Crippen molar-refractivity contribution in [3.63, 3.8) is 0 Å². The Morgan fingerprint density at radius 1 is 0.276 bits per heavy atom. The fourth-order valence-corrected chi connectivity index (χ4v) is 7.52. The summed E-state index contributed by atoms with van der Waals surface area (Å²) in [5.41, 5.74) is 0. The van der Waals surface area contributed by atoms with Gasteiger partial charge in [-0.2, -0.15) is 0 Å². The van der Waals surface area contributed by atoms with Gasteiger partial charge in [0.15, 0.2) is 6.10 Å². The Morgan fingerprint density at radius 3 is 0.829 bits per heavy atom. The average molecular weight is 1050 g/mol. The van der Waals surface area contributed by atoms with Crippen LogP contribution in [0.25, 0.3) is 0 Å². The van der Waals surface area contributed by atoms with Gasteiger partial charge in [-0.3, -0.25) is 14.4 Å². The summed E-state index contributed by atoms with van der Waals surface area (Å²) in [5.74, 6) is -0.992. The smallest absolute Gasteiger partial charge is 0.306 e. The summed E-state index contributed by atoms with van der Waals surface area (Å²) < 4.78 is 16.7. The lowest BCUT2D eigenvalue weighted by Crippen LogP contribution is -2.30. The third kappa shape index (κ3) is 59.6. The van der Waals surface area contributed by atoms with Gasteiger partial charge < -0.3 is 14.2 Å². The number of allylic oxidation sites excluding steroid dienone is 28. The maximum absolute atomic E-state index is 12.8. The van der Waals surface area contributed by atoms with E-state index in [9.17, 15) is 14.4 Å². The molecule has 0 saturated heterocycles. The molecule has 0 rings (SSSR count). The van der Waals surface area contributed by atoms with Crippen LogP contribution in [0.15, 0.2) is 170 Å². The number of ether oxygens (including phenoxy) is 3. The Bertz CT molecular complexity index is 1770. The topological polar surface area (TPSA) is 78.9 Å². The monoisotopic (exact) mass is 1040 g/mol. The zero-order chi connectivity index (χ0) is 55.0. The van der Waals surface area contributed by atoms with Crippen LogP contribution >= 0.6 is 0 Å². The molecular weight excluding hydrogens is 937 g/mol. The van der Waals surface area contributed by atoms with Crippen LogP contribution in [0, 0.1) is 0 Å². The molecule has 0 aliphatic heterocycles. The molecule has 0 bridgehead atoms. The second kappa shape index (κ2) is 62.3. The molecule has 1 unspecified atom stereocenters. The summed E-state index contributed by atoms with van der Waals surface area (Å²) in [5, 5.41) is 0. The van der Waals surface area contributed by atoms with Crippen LogP contribution in [0.2, 0.25) is 0 Å². The van der Waals surface area contributed by atoms with Gasteiger partial charge in [-0.25, -0.2) is 0 Å². The molecule has 6 nitrogen and oxygen atoms in total. The molecule has 0 amide bonds. The number of hydrogen-bond donors (Lipinski definition) is 0. The molecule has 0 radical (unpaired) electrons. The number of hydrogen-bond acceptors (Lipinski definition) is 6. The van der Waals surface area contributed by atoms with Gasteiger partial charge in [-0.05, 0) is 135 Å². The minimum Gasteiger partial charge on any atom is -0.462 e. The normalized spacial score (nSPS) is 13.4. The van der Waals surface area contributed by atoms with Gasteiger partial charge in [0.1, 0.15) is 13.2 Å². The number of carbonyl (C=O) groups is 3. The van der Waals surface area contributed by atoms with Crippen molar-refractivity contribution in [2.45, 2.75) is 239 Å². The van der Waals surface area contributed by atoms with Crippen molar-refractivity contribution in [3.05, 3.63) is 170 Å². The second-order valence-electron chi connectivity index (χ2n) is 19.1. The molecule has 0 aromatic carbocycles. The van der Waals surface area contributed by atoms with Crippen molar-refractivity contribution >= 4 is 17.9 Å². The highest BCUT2D eigenvalue weighted by atomic mass is 16.6. The van der Waals surface area contributed by atoms with Crippen molar-refractivity contribution in [2.24, 2.45) is 0 Å². The van der Waals surface area contributed by atoms with E-state index >= 15 is 0 Å². The number of unbranched alkanes of at least 4 members (excludes halogenated alkanes) is 13. The first kappa shape index (κ1) is 70.8. The van der Waals surface area contributed by atoms with Gasteiger partial charge in [0.2, 0.25) is 0 Å². The minimum absolute atomic E-state index is 0.109. The molecule has 0 saturated carbocycles. The molecule has 6 heteroatoms. The Hall–Kier alpha value is -5.23. The molecule has 0 N–H and O–H groups in total. The van der Waals surface area contributed by atoms with Crippen LogP contribution in [-0.4, -0.2) is 37.2 Å². The molecule has 76 heavy (non-hydrogen) atoms. The molecule has 0 aromatic heterocycles. The quantitative estimate of drug-likeness (QED) is 0.0261. The molecule has 0 fully saturated rings. The standard InChI is InChI=1S/C70H108O6/c1-4-7-10-13-16-19-21-23-25-26-27-28-29-30-31-32-33-34-35-36-37-38-39-40-41-42-43-44-46-47-49-51-54-57-60-63-69(72)75-66-67(65-74-68(71)62-59-56-53-18-15-12-9-6-3)76-70(73)64-61-58-55-52-50-48-45-24-22-20-17-14-11-8-5-2/h7-8,10-11,16-17,19-20,23-25,27-28,30-31,33-34,36-37,39-40,42-43,45-47,50,52,67H,4-6,9,12-15,18,21-22,26,29,32,35,38,41,44,48-49,51,53-66H2,1-3H3/b10-7-,11-8-,19-16-,20-17-,25-23-,28-27-,31-30-,34-33-,37-36-,40-39-,43-42-,45-24-,47-46-,52-50-. The minimum atomic E-state index is -0.815. The van der Waals surface area contributed by atoms with Crippen LogP contribution in [0.1, 0.15) is 233 Å². The van der Waals surface area contributed by atoms with Crippen molar-refractivity contribution in [1.29, 1.82) is 0 Å². The molecule has 1 atom stereocenters. The predicted molar refractivity (Wildman–Crippen MR) is 329 cm³/mol. The number of rotatable bonds is 52. The van der Waals surface area contributed by atoms with Gasteiger partial charge >= 0.3 is 17.9 Å². The second-order valence-corrected chi connectivity index (χ2v) is 19.1. The van der Waals surface area contributed by atoms with Crippen LogP contribution in [0.3, 0.4) is 0 Å². The first-order valence-electron chi connectivity index (χ1n) is 30.1. The number of carbonyl (C=O) groups excluding carboxylic acids is 3. The van der Waals surface area contributed by atoms with E-state index in [-0.39, 0.29) is 37.5 Å². The fourth-order valence-electron chi connectivity index (χ4n) is 7.52. The highest BCUT2D eigenvalue weighted by molar-refractivity contribution is 5.71. The van der Waals surface area contributed by atoms with Gasteiger partial charge in [0.25, 0.3) is 0 Å². The third-order valence-electron chi connectivity index (χ3n) is 12.0. The molecule has 0 aliphatic rings. The largest absolute Gasteiger partial charge is 0.462 e. The van der Waals surface area contributed by atoms with E-state index < -0.39 is 6.10 Å². The van der Waals surface area contributed by atoms with E-state index in [0.29, 0.717) is 19.3 Å². The first-order valence-corrected chi connectivity index (χ1v) is 30.1. The summed E-state index contributed by atoms with van der Waals surface area (Å²) in [6.07, 6.45) is 92.3. The summed E-state index contributed by atoms with van der Waals surface area (Å²) >= 11 is 0. The Morgan fingerprint density at radius 2 is 0.513 bits per heavy atom. The molecular formula is C70H108O6. The molecule has 0 heterocycles. The zero-order valence-corrected chi connectivity index (χ0v) is 48.4. The van der Waals surface area contributed by atoms with E-state index in [0.717, 1.165) is 154 Å². The van der Waals surface area contributed by atoms with E-state index in [4.69, 9.17) is 14.2 Å². The van der Waals surface area contributed by atoms with E-state index in [1.807, 2.05) is 0 Å². The molecule has 0 spiro atoms. The van der Waals surface area contributed by atoms with Crippen molar-refractivity contribution < 1.29 is 28.6 Å². The first-order chi connectivity index (χ1) is 37.5. The lowest BCUT2D eigenvalue weighted by molar-refractivity contribution is -0.167. The Labute approximate surface area is 466 Å². The summed E-state index contributed by atoms with van der Waals surface area (Å²) in [6.45, 7) is 6.30. The maximum atomic E-state index is 12.8. The summed E-state index contributed by atoms with van der Waals surface area (Å²) in [4.78, 5) is 38.0. The summed E-state index contributed by atoms with van der Waals surface area (Å²) in [7, 11) is 0. The number of esters is 3. The molecule has 424 valence electrons. The van der Waals surface area contributed by atoms with Crippen molar-refractivity contribution in [1.82, 2.24) is 0 Å². The van der Waals surface area contributed by atoms with Gasteiger partial charge in [-0.15, -0.1) is 0 Å². The van der Waals surface area contributed by atoms with Crippen molar-refractivity contribution in [3.8, 4) is 0 Å². The lowest BCUT2D eigenvalue weighted by atomic mass is 10.1. The van der Waals surface area contributed by atoms with Gasteiger partial charge in [-0.1, -0.05) is 249 Å². The third-order valence-corrected chi connectivity index (χ3v) is 12.0. The summed E-state index contributed by atoms with van der Waals surface area (Å²) in [6, 6.07) is 0. The van der Waals surface area contributed by atoms with E-state index in [1.165, 1.54) is 32.1 Å². The highest BCUT2D eigenvalue weighted by Crippen LogP contribution is 2.13. The lowest BCUT2D eigenvalue weighted by Gasteiger charge is -2.18. The average Bonchev–Trinajstić information content (AvgIpc) is 3.42. The van der Waals surface area contributed by atoms with E-state index in [1.54, 1.807) is 0 Å². The fraction of sp³-hybridized carbons (Fsp3) is 0.557. The SMILES string of the molecule is CC/C=C\C/C=C\C/C=C\C/C=C\C/C=C\C/C=C\C/C=C\C/C=C\C/C=C\C/C=C\CCCCCCC(=O)OCC(COC(=O)CCCCCCCCCC)OC(=O)CCCC/C=C\C/C=C\C/C=C\C/C=C\CC. The van der Waals surface area contributed by atoms with Crippen molar-refractivity contribution in [2.75, 3.05) is 13.2 Å². The van der Waals surface area contributed by atoms with Crippen LogP contribution in [0.5, 0.6) is 0 Å². The van der Waals surface area contributed by atoms with Gasteiger partial charge in [0.05, 0.1) is 0 Å². The van der Waals surface area contributed by atoms with Gasteiger partial charge in [0, 0.05) is 19.3 Å². The highest BCUT2D eigenvalue weighted by Gasteiger charge is 2.19. The Balaban J connectivity index is 4.27. The van der Waals surface area contributed by atoms with Crippen LogP contribution < -0.4 is 0 Å². The molecule has 0 aliphatic carbocycles. The molecule has 0 aromatic rings. The Kier molecular flexibility index (Phi) is 58.0. The van der Waals surface area contributed by atoms with E-state index in [2.05, 4.69) is 191 Å².